The number of hydrogen-bond donors (Lipinski definition) is 2. The van der Waals surface area contributed by atoms with Crippen molar-refractivity contribution in [2.24, 2.45) is 0 Å². The van der Waals surface area contributed by atoms with E-state index in [2.05, 4.69) is 9.97 Å². The number of nitrogens with zero attached hydrogens (tertiary/aromatic N) is 2. The summed E-state index contributed by atoms with van der Waals surface area (Å²) in [6, 6.07) is 0.245. The average Bonchev–Trinajstić information content (AvgIpc) is 2.31. The first-order valence-corrected chi connectivity index (χ1v) is 5.74. The Morgan fingerprint density at radius 3 is 3.19 bits per heavy atom. The minimum absolute atomic E-state index is 0.146. The smallest absolute Gasteiger partial charge is 0.290 e. The molecule has 0 radical (unpaired) electrons. The molecule has 0 aromatic carbocycles. The molecule has 1 aromatic rings. The van der Waals surface area contributed by atoms with E-state index in [1.54, 1.807) is 6.20 Å². The van der Waals surface area contributed by atoms with Gasteiger partial charge in [0.05, 0.1) is 0 Å². The highest BCUT2D eigenvalue weighted by atomic mass is 16.3. The Bertz CT molecular complexity index is 389. The molecule has 0 spiro atoms. The lowest BCUT2D eigenvalue weighted by molar-refractivity contribution is 0.262. The van der Waals surface area contributed by atoms with E-state index in [1.807, 2.05) is 4.90 Å². The third kappa shape index (κ3) is 2.24. The van der Waals surface area contributed by atoms with Gasteiger partial charge in [-0.3, -0.25) is 4.79 Å². The molecule has 0 aliphatic carbocycles. The van der Waals surface area contributed by atoms with Gasteiger partial charge in [0.2, 0.25) is 0 Å². The molecule has 88 valence electrons. The van der Waals surface area contributed by atoms with Crippen LogP contribution in [0.5, 0.6) is 0 Å². The predicted molar refractivity (Wildman–Crippen MR) is 61.5 cm³/mol. The van der Waals surface area contributed by atoms with Gasteiger partial charge in [-0.15, -0.1) is 0 Å². The van der Waals surface area contributed by atoms with Crippen molar-refractivity contribution in [3.63, 3.8) is 0 Å². The Labute approximate surface area is 94.1 Å². The van der Waals surface area contributed by atoms with Crippen LogP contribution in [0.25, 0.3) is 0 Å². The van der Waals surface area contributed by atoms with Crippen LogP contribution in [0.3, 0.4) is 0 Å². The molecule has 2 rings (SSSR count). The molecule has 1 fully saturated rings. The van der Waals surface area contributed by atoms with Crippen LogP contribution in [0.2, 0.25) is 0 Å². The summed E-state index contributed by atoms with van der Waals surface area (Å²) in [5, 5.41) is 9.02. The zero-order valence-electron chi connectivity index (χ0n) is 9.22. The van der Waals surface area contributed by atoms with E-state index in [0.717, 1.165) is 25.8 Å². The average molecular weight is 223 g/mol. The molecule has 5 nitrogen and oxygen atoms in total. The van der Waals surface area contributed by atoms with E-state index in [9.17, 15) is 4.79 Å². The fourth-order valence-electron chi connectivity index (χ4n) is 2.28. The van der Waals surface area contributed by atoms with Gasteiger partial charge >= 0.3 is 0 Å². The number of rotatable bonds is 3. The van der Waals surface area contributed by atoms with Crippen LogP contribution < -0.4 is 10.5 Å². The quantitative estimate of drug-likeness (QED) is 0.783. The molecule has 1 unspecified atom stereocenters. The second-order valence-corrected chi connectivity index (χ2v) is 4.10. The van der Waals surface area contributed by atoms with Crippen LogP contribution in [-0.2, 0) is 0 Å². The van der Waals surface area contributed by atoms with Gasteiger partial charge in [-0.05, 0) is 25.7 Å². The molecule has 0 bridgehead atoms. The van der Waals surface area contributed by atoms with Gasteiger partial charge in [0.25, 0.3) is 5.56 Å². The monoisotopic (exact) mass is 223 g/mol. The first-order valence-electron chi connectivity index (χ1n) is 5.74. The first kappa shape index (κ1) is 11.1. The minimum Gasteiger partial charge on any atom is -0.396 e. The molecule has 1 aromatic heterocycles. The lowest BCUT2D eigenvalue weighted by Gasteiger charge is -2.35. The van der Waals surface area contributed by atoms with E-state index in [4.69, 9.17) is 5.11 Å². The second kappa shape index (κ2) is 5.12. The normalized spacial score (nSPS) is 21.1. The Balaban J connectivity index is 2.23. The molecule has 1 atom stereocenters. The molecule has 5 heteroatoms. The number of nitrogens with one attached hydrogen (secondary N) is 1. The van der Waals surface area contributed by atoms with E-state index in [-0.39, 0.29) is 18.2 Å². The van der Waals surface area contributed by atoms with Crippen molar-refractivity contribution in [3.05, 3.63) is 22.7 Å². The molecular formula is C11H17N3O2. The Kier molecular flexibility index (Phi) is 3.56. The van der Waals surface area contributed by atoms with Crippen molar-refractivity contribution >= 4 is 5.82 Å². The number of aliphatic hydroxyl groups excluding tert-OH is 1. The molecule has 2 heterocycles. The number of hydrogen-bond acceptors (Lipinski definition) is 4. The van der Waals surface area contributed by atoms with Gasteiger partial charge in [-0.25, -0.2) is 4.98 Å². The van der Waals surface area contributed by atoms with Gasteiger partial charge in [-0.1, -0.05) is 0 Å². The highest BCUT2D eigenvalue weighted by molar-refractivity contribution is 5.37. The van der Waals surface area contributed by atoms with Crippen LogP contribution in [-0.4, -0.2) is 34.3 Å². The van der Waals surface area contributed by atoms with Gasteiger partial charge in [0, 0.05) is 31.6 Å². The maximum absolute atomic E-state index is 11.6. The zero-order valence-corrected chi connectivity index (χ0v) is 9.22. The van der Waals surface area contributed by atoms with E-state index >= 15 is 0 Å². The third-order valence-electron chi connectivity index (χ3n) is 3.05. The molecular weight excluding hydrogens is 206 g/mol. The summed E-state index contributed by atoms with van der Waals surface area (Å²) in [5.74, 6) is 0.487. The Morgan fingerprint density at radius 1 is 1.56 bits per heavy atom. The second-order valence-electron chi connectivity index (χ2n) is 4.10. The number of aromatic nitrogens is 2. The van der Waals surface area contributed by atoms with Crippen LogP contribution >= 0.6 is 0 Å². The van der Waals surface area contributed by atoms with Gasteiger partial charge in [0.15, 0.2) is 5.82 Å². The maximum Gasteiger partial charge on any atom is 0.290 e. The number of aromatic amines is 1. The van der Waals surface area contributed by atoms with Crippen LogP contribution in [0.15, 0.2) is 17.2 Å². The molecule has 0 amide bonds. The zero-order chi connectivity index (χ0) is 11.4. The van der Waals surface area contributed by atoms with Crippen molar-refractivity contribution in [1.82, 2.24) is 9.97 Å². The molecule has 16 heavy (non-hydrogen) atoms. The van der Waals surface area contributed by atoms with Crippen LogP contribution in [0.1, 0.15) is 25.7 Å². The molecule has 2 N–H and O–H groups in total. The number of H-pyrrole nitrogens is 1. The lowest BCUT2D eigenvalue weighted by atomic mass is 10.00. The molecule has 1 saturated heterocycles. The third-order valence-corrected chi connectivity index (χ3v) is 3.05. The fraction of sp³-hybridized carbons (Fsp3) is 0.636. The summed E-state index contributed by atoms with van der Waals surface area (Å²) >= 11 is 0. The van der Waals surface area contributed by atoms with Crippen molar-refractivity contribution in [3.8, 4) is 0 Å². The Morgan fingerprint density at radius 2 is 2.44 bits per heavy atom. The summed E-state index contributed by atoms with van der Waals surface area (Å²) in [6.07, 6.45) is 7.11. The summed E-state index contributed by atoms with van der Waals surface area (Å²) in [5.41, 5.74) is -0.146. The van der Waals surface area contributed by atoms with Crippen LogP contribution in [0, 0.1) is 0 Å². The molecule has 1 aliphatic heterocycles. The summed E-state index contributed by atoms with van der Waals surface area (Å²) < 4.78 is 0. The first-order chi connectivity index (χ1) is 7.83. The largest absolute Gasteiger partial charge is 0.396 e. The minimum atomic E-state index is -0.146. The fourth-order valence-corrected chi connectivity index (χ4v) is 2.28. The van der Waals surface area contributed by atoms with Crippen molar-refractivity contribution in [1.29, 1.82) is 0 Å². The van der Waals surface area contributed by atoms with Crippen LogP contribution in [0.4, 0.5) is 5.82 Å². The summed E-state index contributed by atoms with van der Waals surface area (Å²) in [7, 11) is 0. The maximum atomic E-state index is 11.6. The Hall–Kier alpha value is -1.36. The van der Waals surface area contributed by atoms with Gasteiger partial charge in [-0.2, -0.15) is 0 Å². The lowest BCUT2D eigenvalue weighted by Crippen LogP contribution is -2.43. The van der Waals surface area contributed by atoms with E-state index in [1.165, 1.54) is 6.20 Å². The SMILES string of the molecule is O=c1[nH]ccnc1N1CCCCC1CCO. The van der Waals surface area contributed by atoms with E-state index < -0.39 is 0 Å². The topological polar surface area (TPSA) is 69.2 Å². The number of anilines is 1. The van der Waals surface area contributed by atoms with Gasteiger partial charge in [0.1, 0.15) is 0 Å². The van der Waals surface area contributed by atoms with Crippen molar-refractivity contribution in [2.45, 2.75) is 31.7 Å². The van der Waals surface area contributed by atoms with Crippen molar-refractivity contribution < 1.29 is 5.11 Å². The van der Waals surface area contributed by atoms with E-state index in [0.29, 0.717) is 12.2 Å². The summed E-state index contributed by atoms with van der Waals surface area (Å²) in [6.45, 7) is 1.01. The number of aliphatic hydroxyl groups is 1. The summed E-state index contributed by atoms with van der Waals surface area (Å²) in [4.78, 5) is 20.4. The predicted octanol–water partition coefficient (Wildman–Crippen LogP) is 0.511. The highest BCUT2D eigenvalue weighted by Gasteiger charge is 2.24. The molecule has 1 aliphatic rings. The standard InChI is InChI=1S/C11H17N3O2/c15-8-4-9-3-1-2-7-14(9)10-11(16)13-6-5-12-10/h5-6,9,15H,1-4,7-8H2,(H,13,16). The highest BCUT2D eigenvalue weighted by Crippen LogP contribution is 2.22. The number of piperidine rings is 1. The van der Waals surface area contributed by atoms with Crippen molar-refractivity contribution in [2.75, 3.05) is 18.1 Å². The van der Waals surface area contributed by atoms with Gasteiger partial charge < -0.3 is 15.0 Å². The molecule has 0 saturated carbocycles.